The lowest BCUT2D eigenvalue weighted by molar-refractivity contribution is -0.135. The first-order valence-electron chi connectivity index (χ1n) is 9.24. The Bertz CT molecular complexity index is 787. The largest absolute Gasteiger partial charge is 0.350 e. The number of hydrogen-bond donors (Lipinski definition) is 1. The van der Waals surface area contributed by atoms with E-state index < -0.39 is 0 Å². The monoisotopic (exact) mass is 386 g/mol. The van der Waals surface area contributed by atoms with E-state index in [0.29, 0.717) is 31.0 Å². The van der Waals surface area contributed by atoms with Gasteiger partial charge in [-0.05, 0) is 56.0 Å². The molecule has 0 aliphatic carbocycles. The third-order valence-electron chi connectivity index (χ3n) is 4.58. The van der Waals surface area contributed by atoms with Gasteiger partial charge in [0.25, 0.3) is 0 Å². The number of rotatable bonds is 8. The normalized spacial score (nSPS) is 10.5. The number of benzene rings is 2. The molecule has 0 spiro atoms. The van der Waals surface area contributed by atoms with Gasteiger partial charge < -0.3 is 10.2 Å². The first-order valence-corrected chi connectivity index (χ1v) is 9.62. The molecule has 2 rings (SSSR count). The van der Waals surface area contributed by atoms with Gasteiger partial charge in [0, 0.05) is 24.5 Å². The van der Waals surface area contributed by atoms with Gasteiger partial charge in [-0.2, -0.15) is 0 Å². The number of halogens is 1. The molecule has 144 valence electrons. The van der Waals surface area contributed by atoms with Gasteiger partial charge in [0.05, 0.1) is 6.54 Å². The van der Waals surface area contributed by atoms with Gasteiger partial charge in [-0.3, -0.25) is 9.59 Å². The summed E-state index contributed by atoms with van der Waals surface area (Å²) in [6.07, 6.45) is 1.09. The number of amides is 2. The van der Waals surface area contributed by atoms with E-state index in [-0.39, 0.29) is 18.4 Å². The van der Waals surface area contributed by atoms with E-state index >= 15 is 0 Å². The molecule has 4 nitrogen and oxygen atoms in total. The average Bonchev–Trinajstić information content (AvgIpc) is 2.64. The molecule has 5 heteroatoms. The Morgan fingerprint density at radius 2 is 1.78 bits per heavy atom. The van der Waals surface area contributed by atoms with Crippen molar-refractivity contribution in [3.8, 4) is 0 Å². The summed E-state index contributed by atoms with van der Waals surface area (Å²) in [5.74, 6) is -0.161. The fraction of sp³-hybridized carbons (Fsp3) is 0.364. The van der Waals surface area contributed by atoms with Gasteiger partial charge >= 0.3 is 0 Å². The van der Waals surface area contributed by atoms with Crippen LogP contribution in [-0.4, -0.2) is 29.8 Å². The molecule has 2 aromatic rings. The maximum absolute atomic E-state index is 12.5. The molecule has 0 saturated heterocycles. The van der Waals surface area contributed by atoms with Crippen molar-refractivity contribution in [3.63, 3.8) is 0 Å². The van der Waals surface area contributed by atoms with Crippen LogP contribution in [0, 0.1) is 13.8 Å². The Balaban J connectivity index is 1.82. The Kier molecular flexibility index (Phi) is 7.86. The van der Waals surface area contributed by atoms with Crippen molar-refractivity contribution in [1.82, 2.24) is 10.2 Å². The zero-order valence-electron chi connectivity index (χ0n) is 16.2. The van der Waals surface area contributed by atoms with Crippen molar-refractivity contribution in [2.45, 2.75) is 40.2 Å². The summed E-state index contributed by atoms with van der Waals surface area (Å²) in [6.45, 7) is 7.03. The minimum Gasteiger partial charge on any atom is -0.350 e. The van der Waals surface area contributed by atoms with Crippen molar-refractivity contribution < 1.29 is 9.59 Å². The van der Waals surface area contributed by atoms with Crippen LogP contribution < -0.4 is 5.32 Å². The second-order valence-electron chi connectivity index (χ2n) is 6.74. The molecule has 0 atom stereocenters. The highest BCUT2D eigenvalue weighted by Gasteiger charge is 2.15. The molecule has 0 heterocycles. The summed E-state index contributed by atoms with van der Waals surface area (Å²) in [5.41, 5.74) is 4.57. The molecule has 0 aliphatic rings. The summed E-state index contributed by atoms with van der Waals surface area (Å²) in [7, 11) is 0. The van der Waals surface area contributed by atoms with Crippen LogP contribution in [0.4, 0.5) is 0 Å². The molecule has 0 unspecified atom stereocenters. The molecular formula is C22H27ClN2O2. The molecule has 2 amide bonds. The number of aryl methyl sites for hydroxylation is 3. The van der Waals surface area contributed by atoms with E-state index in [0.717, 1.165) is 5.56 Å². The Labute approximate surface area is 166 Å². The van der Waals surface area contributed by atoms with E-state index in [9.17, 15) is 9.59 Å². The molecule has 0 saturated carbocycles. The lowest BCUT2D eigenvalue weighted by Gasteiger charge is -2.20. The second-order valence-corrected chi connectivity index (χ2v) is 7.18. The van der Waals surface area contributed by atoms with Crippen LogP contribution in [0.25, 0.3) is 0 Å². The van der Waals surface area contributed by atoms with Crippen LogP contribution in [0.5, 0.6) is 0 Å². The fourth-order valence-corrected chi connectivity index (χ4v) is 3.06. The highest BCUT2D eigenvalue weighted by Crippen LogP contribution is 2.13. The van der Waals surface area contributed by atoms with Crippen LogP contribution in [0.1, 0.15) is 35.6 Å². The second kappa shape index (κ2) is 10.1. The highest BCUT2D eigenvalue weighted by molar-refractivity contribution is 6.30. The third-order valence-corrected chi connectivity index (χ3v) is 4.83. The lowest BCUT2D eigenvalue weighted by Crippen LogP contribution is -2.40. The summed E-state index contributed by atoms with van der Waals surface area (Å²) in [6, 6.07) is 13.6. The maximum atomic E-state index is 12.5. The van der Waals surface area contributed by atoms with Crippen molar-refractivity contribution in [2.24, 2.45) is 0 Å². The molecule has 0 fully saturated rings. The van der Waals surface area contributed by atoms with Gasteiger partial charge in [0.15, 0.2) is 0 Å². The van der Waals surface area contributed by atoms with Gasteiger partial charge in [-0.15, -0.1) is 0 Å². The van der Waals surface area contributed by atoms with E-state index in [1.165, 1.54) is 16.7 Å². The minimum atomic E-state index is -0.160. The molecule has 0 radical (unpaired) electrons. The number of hydrogen-bond acceptors (Lipinski definition) is 2. The number of carbonyl (C=O) groups excluding carboxylic acids is 2. The van der Waals surface area contributed by atoms with E-state index in [2.05, 4.69) is 37.4 Å². The van der Waals surface area contributed by atoms with Gasteiger partial charge in [-0.1, -0.05) is 47.5 Å². The molecule has 0 aliphatic heterocycles. The first kappa shape index (κ1) is 21.0. The Hall–Kier alpha value is -2.33. The zero-order chi connectivity index (χ0) is 19.8. The van der Waals surface area contributed by atoms with Crippen LogP contribution in [0.3, 0.4) is 0 Å². The zero-order valence-corrected chi connectivity index (χ0v) is 17.0. The van der Waals surface area contributed by atoms with Crippen LogP contribution in [-0.2, 0) is 22.6 Å². The predicted molar refractivity (Wildman–Crippen MR) is 110 cm³/mol. The van der Waals surface area contributed by atoms with Crippen LogP contribution >= 0.6 is 11.6 Å². The molecule has 0 aromatic heterocycles. The van der Waals surface area contributed by atoms with Crippen LogP contribution in [0.15, 0.2) is 42.5 Å². The van der Waals surface area contributed by atoms with Crippen molar-refractivity contribution >= 4 is 23.4 Å². The Morgan fingerprint density at radius 3 is 2.41 bits per heavy atom. The smallest absolute Gasteiger partial charge is 0.239 e. The maximum Gasteiger partial charge on any atom is 0.239 e. The van der Waals surface area contributed by atoms with Gasteiger partial charge in [0.1, 0.15) is 0 Å². The standard InChI is InChI=1S/C22H27ClN2O2/c1-4-25(15-21(26)24-14-18-6-10-20(23)11-7-18)22(27)12-9-19-8-5-16(2)13-17(19)3/h5-8,10-11,13H,4,9,12,14-15H2,1-3H3,(H,24,26). The van der Waals surface area contributed by atoms with Crippen molar-refractivity contribution in [1.29, 1.82) is 0 Å². The Morgan fingerprint density at radius 1 is 1.07 bits per heavy atom. The molecule has 1 N–H and O–H groups in total. The van der Waals surface area contributed by atoms with E-state index in [1.807, 2.05) is 19.1 Å². The first-order chi connectivity index (χ1) is 12.9. The van der Waals surface area contributed by atoms with Crippen LogP contribution in [0.2, 0.25) is 5.02 Å². The third kappa shape index (κ3) is 6.72. The van der Waals surface area contributed by atoms with E-state index in [1.54, 1.807) is 17.0 Å². The number of nitrogens with zero attached hydrogens (tertiary/aromatic N) is 1. The lowest BCUT2D eigenvalue weighted by atomic mass is 10.0. The number of likely N-dealkylation sites (N-methyl/N-ethyl adjacent to an activating group) is 1. The van der Waals surface area contributed by atoms with Gasteiger partial charge in [0.2, 0.25) is 11.8 Å². The predicted octanol–water partition coefficient (Wildman–Crippen LogP) is 4.05. The van der Waals surface area contributed by atoms with Crippen molar-refractivity contribution in [2.75, 3.05) is 13.1 Å². The number of carbonyl (C=O) groups is 2. The SMILES string of the molecule is CCN(CC(=O)NCc1ccc(Cl)cc1)C(=O)CCc1ccc(C)cc1C. The summed E-state index contributed by atoms with van der Waals surface area (Å²) >= 11 is 5.86. The summed E-state index contributed by atoms with van der Waals surface area (Å²) in [4.78, 5) is 26.3. The summed E-state index contributed by atoms with van der Waals surface area (Å²) in [5, 5.41) is 3.51. The highest BCUT2D eigenvalue weighted by atomic mass is 35.5. The average molecular weight is 387 g/mol. The van der Waals surface area contributed by atoms with E-state index in [4.69, 9.17) is 11.6 Å². The quantitative estimate of drug-likeness (QED) is 0.743. The fourth-order valence-electron chi connectivity index (χ4n) is 2.93. The van der Waals surface area contributed by atoms with Gasteiger partial charge in [-0.25, -0.2) is 0 Å². The summed E-state index contributed by atoms with van der Waals surface area (Å²) < 4.78 is 0. The minimum absolute atomic E-state index is 0.000817. The topological polar surface area (TPSA) is 49.4 Å². The molecular weight excluding hydrogens is 360 g/mol. The van der Waals surface area contributed by atoms with Crippen molar-refractivity contribution in [3.05, 3.63) is 69.7 Å². The number of nitrogens with one attached hydrogen (secondary N) is 1. The molecule has 0 bridgehead atoms. The molecule has 27 heavy (non-hydrogen) atoms. The molecule has 2 aromatic carbocycles.